The van der Waals surface area contributed by atoms with Crippen LogP contribution in [0.3, 0.4) is 0 Å². The Morgan fingerprint density at radius 3 is 1.81 bits per heavy atom. The number of benzene rings is 3. The minimum absolute atomic E-state index is 0.00703. The lowest BCUT2D eigenvalue weighted by Gasteiger charge is -2.27. The third-order valence-electron chi connectivity index (χ3n) is 6.16. The van der Waals surface area contributed by atoms with Gasteiger partial charge in [-0.25, -0.2) is 19.2 Å². The van der Waals surface area contributed by atoms with Gasteiger partial charge in [0.2, 0.25) is 0 Å². The van der Waals surface area contributed by atoms with Crippen molar-refractivity contribution in [1.29, 1.82) is 0 Å². The number of nitrogens with one attached hydrogen (secondary N) is 2. The molecule has 10 nitrogen and oxygen atoms in total. The summed E-state index contributed by atoms with van der Waals surface area (Å²) in [4.78, 5) is 57.5. The lowest BCUT2D eigenvalue weighted by atomic mass is 10.0. The smallest absolute Gasteiger partial charge is 0.408 e. The fourth-order valence-corrected chi connectivity index (χ4v) is 4.07. The van der Waals surface area contributed by atoms with Crippen LogP contribution in [0.5, 0.6) is 0 Å². The largest absolute Gasteiger partial charge is 0.467 e. The molecule has 3 aromatic carbocycles. The zero-order valence-corrected chi connectivity index (χ0v) is 24.0. The number of hydroxylamine groups is 2. The zero-order valence-electron chi connectivity index (χ0n) is 24.0. The van der Waals surface area contributed by atoms with Crippen molar-refractivity contribution in [3.63, 3.8) is 0 Å². The SMILES string of the molecule is COC(=O)[C@H](CC(C)C)NC(=O)N(Cc1ccccc1)OC(=O)[C@H](Cc1ccccc1)NC(=O)OCc1ccccc1. The van der Waals surface area contributed by atoms with Crippen LogP contribution in [-0.4, -0.2) is 48.3 Å². The van der Waals surface area contributed by atoms with Crippen LogP contribution in [0.1, 0.15) is 37.0 Å². The van der Waals surface area contributed by atoms with Crippen molar-refractivity contribution < 1.29 is 33.5 Å². The Morgan fingerprint density at radius 1 is 0.714 bits per heavy atom. The van der Waals surface area contributed by atoms with Crippen molar-refractivity contribution in [1.82, 2.24) is 15.7 Å². The molecule has 0 spiro atoms. The minimum atomic E-state index is -1.19. The Hall–Kier alpha value is -4.86. The third kappa shape index (κ3) is 10.6. The number of urea groups is 1. The number of amides is 3. The molecule has 0 aliphatic heterocycles. The van der Waals surface area contributed by atoms with E-state index in [0.29, 0.717) is 12.0 Å². The zero-order chi connectivity index (χ0) is 30.3. The van der Waals surface area contributed by atoms with Crippen molar-refractivity contribution in [2.24, 2.45) is 5.92 Å². The molecule has 0 saturated carbocycles. The predicted octanol–water partition coefficient (Wildman–Crippen LogP) is 4.78. The van der Waals surface area contributed by atoms with E-state index < -0.39 is 36.1 Å². The van der Waals surface area contributed by atoms with E-state index in [1.54, 1.807) is 36.4 Å². The summed E-state index contributed by atoms with van der Waals surface area (Å²) in [6.07, 6.45) is -0.422. The summed E-state index contributed by atoms with van der Waals surface area (Å²) in [5, 5.41) is 6.02. The number of carbonyl (C=O) groups excluding carboxylic acids is 4. The van der Waals surface area contributed by atoms with Gasteiger partial charge in [0.1, 0.15) is 18.7 Å². The summed E-state index contributed by atoms with van der Waals surface area (Å²) in [5.74, 6) is -1.44. The van der Waals surface area contributed by atoms with Crippen LogP contribution in [-0.2, 0) is 43.5 Å². The van der Waals surface area contributed by atoms with E-state index in [2.05, 4.69) is 10.6 Å². The molecule has 0 aliphatic carbocycles. The van der Waals surface area contributed by atoms with Crippen LogP contribution in [0.25, 0.3) is 0 Å². The van der Waals surface area contributed by atoms with E-state index in [4.69, 9.17) is 14.3 Å². The van der Waals surface area contributed by atoms with Gasteiger partial charge < -0.3 is 24.9 Å². The van der Waals surface area contributed by atoms with E-state index in [-0.39, 0.29) is 25.5 Å². The van der Waals surface area contributed by atoms with E-state index in [9.17, 15) is 19.2 Å². The lowest BCUT2D eigenvalue weighted by molar-refractivity contribution is -0.181. The van der Waals surface area contributed by atoms with E-state index in [1.807, 2.05) is 68.4 Å². The van der Waals surface area contributed by atoms with Gasteiger partial charge in [0.25, 0.3) is 0 Å². The fraction of sp³-hybridized carbons (Fsp3) is 0.312. The normalized spacial score (nSPS) is 12.0. The molecule has 3 amide bonds. The highest BCUT2D eigenvalue weighted by Gasteiger charge is 2.31. The van der Waals surface area contributed by atoms with E-state index in [1.165, 1.54) is 7.11 Å². The molecule has 0 aliphatic rings. The summed E-state index contributed by atoms with van der Waals surface area (Å²) in [6.45, 7) is 3.71. The molecule has 0 bridgehead atoms. The summed E-state index contributed by atoms with van der Waals surface area (Å²) >= 11 is 0. The summed E-state index contributed by atoms with van der Waals surface area (Å²) < 4.78 is 10.2. The second-order valence-electron chi connectivity index (χ2n) is 10.0. The molecule has 2 atom stereocenters. The average molecular weight is 576 g/mol. The van der Waals surface area contributed by atoms with Gasteiger partial charge >= 0.3 is 24.1 Å². The number of ether oxygens (including phenoxy) is 2. The fourth-order valence-electron chi connectivity index (χ4n) is 4.07. The van der Waals surface area contributed by atoms with Crippen LogP contribution in [0.4, 0.5) is 9.59 Å². The van der Waals surface area contributed by atoms with E-state index >= 15 is 0 Å². The molecule has 10 heteroatoms. The van der Waals surface area contributed by atoms with Crippen molar-refractivity contribution in [3.8, 4) is 0 Å². The monoisotopic (exact) mass is 575 g/mol. The lowest BCUT2D eigenvalue weighted by Crippen LogP contribution is -2.51. The third-order valence-corrected chi connectivity index (χ3v) is 6.16. The van der Waals surface area contributed by atoms with Gasteiger partial charge in [-0.15, -0.1) is 5.06 Å². The van der Waals surface area contributed by atoms with Gasteiger partial charge in [0, 0.05) is 6.42 Å². The van der Waals surface area contributed by atoms with Gasteiger partial charge in [-0.2, -0.15) is 0 Å². The molecule has 0 saturated heterocycles. The van der Waals surface area contributed by atoms with Crippen LogP contribution < -0.4 is 10.6 Å². The summed E-state index contributed by atoms with van der Waals surface area (Å²) in [7, 11) is 1.24. The molecular formula is C32H37N3O7. The second-order valence-corrected chi connectivity index (χ2v) is 10.0. The minimum Gasteiger partial charge on any atom is -0.467 e. The molecule has 3 aromatic rings. The van der Waals surface area contributed by atoms with Crippen LogP contribution in [0.15, 0.2) is 91.0 Å². The van der Waals surface area contributed by atoms with Crippen LogP contribution in [0.2, 0.25) is 0 Å². The molecule has 0 radical (unpaired) electrons. The number of hydrogen-bond donors (Lipinski definition) is 2. The number of carbonyl (C=O) groups is 4. The molecule has 3 rings (SSSR count). The van der Waals surface area contributed by atoms with Crippen molar-refractivity contribution in [2.45, 2.75) is 51.9 Å². The van der Waals surface area contributed by atoms with Crippen molar-refractivity contribution in [3.05, 3.63) is 108 Å². The number of rotatable bonds is 12. The Labute approximate surface area is 245 Å². The molecule has 0 heterocycles. The number of nitrogens with zero attached hydrogens (tertiary/aromatic N) is 1. The first kappa shape index (κ1) is 31.7. The average Bonchev–Trinajstić information content (AvgIpc) is 3.00. The summed E-state index contributed by atoms with van der Waals surface area (Å²) in [5.41, 5.74) is 2.21. The van der Waals surface area contributed by atoms with Gasteiger partial charge in [-0.1, -0.05) is 105 Å². The highest BCUT2D eigenvalue weighted by molar-refractivity contribution is 5.85. The number of methoxy groups -OCH3 is 1. The maximum atomic E-state index is 13.5. The Balaban J connectivity index is 1.79. The Bertz CT molecular complexity index is 1290. The van der Waals surface area contributed by atoms with Crippen LogP contribution >= 0.6 is 0 Å². The first-order chi connectivity index (χ1) is 20.2. The van der Waals surface area contributed by atoms with E-state index in [0.717, 1.165) is 16.2 Å². The quantitative estimate of drug-likeness (QED) is 0.235. The molecule has 0 aromatic heterocycles. The molecular weight excluding hydrogens is 538 g/mol. The maximum absolute atomic E-state index is 13.5. The number of esters is 1. The first-order valence-electron chi connectivity index (χ1n) is 13.7. The Morgan fingerprint density at radius 2 is 1.26 bits per heavy atom. The van der Waals surface area contributed by atoms with Crippen LogP contribution in [0, 0.1) is 5.92 Å². The second kappa shape index (κ2) is 16.4. The summed E-state index contributed by atoms with van der Waals surface area (Å²) in [6, 6.07) is 24.1. The van der Waals surface area contributed by atoms with Gasteiger partial charge in [-0.3, -0.25) is 0 Å². The number of alkyl carbamates (subject to hydrolysis) is 1. The topological polar surface area (TPSA) is 123 Å². The molecule has 0 fully saturated rings. The highest BCUT2D eigenvalue weighted by atomic mass is 16.7. The molecule has 42 heavy (non-hydrogen) atoms. The Kier molecular flexibility index (Phi) is 12.4. The maximum Gasteiger partial charge on any atom is 0.408 e. The first-order valence-corrected chi connectivity index (χ1v) is 13.7. The molecule has 222 valence electrons. The van der Waals surface area contributed by atoms with Gasteiger partial charge in [-0.05, 0) is 29.0 Å². The predicted molar refractivity (Wildman–Crippen MR) is 156 cm³/mol. The molecule has 2 N–H and O–H groups in total. The number of hydrogen-bond acceptors (Lipinski definition) is 7. The molecule has 0 unspecified atom stereocenters. The van der Waals surface area contributed by atoms with Gasteiger partial charge in [0.15, 0.2) is 0 Å². The highest BCUT2D eigenvalue weighted by Crippen LogP contribution is 2.12. The van der Waals surface area contributed by atoms with Crippen molar-refractivity contribution >= 4 is 24.1 Å². The van der Waals surface area contributed by atoms with Crippen molar-refractivity contribution in [2.75, 3.05) is 7.11 Å². The van der Waals surface area contributed by atoms with Gasteiger partial charge in [0.05, 0.1) is 13.7 Å². The standard InChI is InChI=1S/C32H37N3O7/c1-23(2)19-27(29(36)40-3)33-31(38)35(21-25-15-9-5-10-16-25)42-30(37)28(20-24-13-7-4-8-14-24)34-32(39)41-22-26-17-11-6-12-18-26/h4-18,23,27-28H,19-22H2,1-3H3,(H,33,38)(H,34,39)/t27-,28-/m0/s1.